The summed E-state index contributed by atoms with van der Waals surface area (Å²) in [6.45, 7) is 4.02. The maximum Gasteiger partial charge on any atom is 0.0433 e. The molecule has 2 aromatic rings. The van der Waals surface area contributed by atoms with Crippen molar-refractivity contribution in [2.75, 3.05) is 17.2 Å². The average molecular weight is 239 g/mol. The van der Waals surface area contributed by atoms with Crippen molar-refractivity contribution in [2.45, 2.75) is 19.9 Å². The van der Waals surface area contributed by atoms with Crippen LogP contribution in [0.2, 0.25) is 0 Å². The third-order valence-corrected chi connectivity index (χ3v) is 3.49. The third kappa shape index (κ3) is 2.04. The minimum absolute atomic E-state index is 0.849. The fraction of sp³-hybridized carbons (Fsp3) is 0.267. The zero-order valence-corrected chi connectivity index (χ0v) is 10.6. The number of aromatic nitrogens is 1. The number of rotatable bonds is 1. The van der Waals surface area contributed by atoms with Crippen molar-refractivity contribution in [2.24, 2.45) is 0 Å². The average Bonchev–Trinajstić information content (AvgIpc) is 2.38. The second kappa shape index (κ2) is 4.33. The Hall–Kier alpha value is -2.03. The summed E-state index contributed by atoms with van der Waals surface area (Å²) in [5, 5.41) is 0. The molecule has 1 aliphatic rings. The van der Waals surface area contributed by atoms with Crippen molar-refractivity contribution < 1.29 is 0 Å². The van der Waals surface area contributed by atoms with E-state index < -0.39 is 0 Å². The van der Waals surface area contributed by atoms with E-state index in [2.05, 4.69) is 34.1 Å². The number of benzene rings is 1. The molecule has 3 nitrogen and oxygen atoms in total. The van der Waals surface area contributed by atoms with Crippen LogP contribution in [-0.4, -0.2) is 11.5 Å². The molecule has 0 atom stereocenters. The highest BCUT2D eigenvalue weighted by Crippen LogP contribution is 2.25. The van der Waals surface area contributed by atoms with Crippen LogP contribution in [0.1, 0.15) is 16.8 Å². The topological polar surface area (TPSA) is 42.1 Å². The summed E-state index contributed by atoms with van der Waals surface area (Å²) >= 11 is 0. The van der Waals surface area contributed by atoms with Crippen LogP contribution in [-0.2, 0) is 13.0 Å². The number of nitrogens with two attached hydrogens (primary N) is 1. The number of fused-ring (bicyclic) bond motifs is 1. The molecule has 0 spiro atoms. The van der Waals surface area contributed by atoms with Gasteiger partial charge in [0.1, 0.15) is 0 Å². The zero-order valence-electron chi connectivity index (χ0n) is 10.6. The molecule has 1 aromatic carbocycles. The molecule has 2 heterocycles. The molecule has 0 amide bonds. The molecule has 18 heavy (non-hydrogen) atoms. The number of anilines is 2. The molecule has 0 unspecified atom stereocenters. The quantitative estimate of drug-likeness (QED) is 0.778. The first-order chi connectivity index (χ1) is 8.72. The summed E-state index contributed by atoms with van der Waals surface area (Å²) in [6, 6.07) is 10.4. The highest BCUT2D eigenvalue weighted by Gasteiger charge is 2.16. The molecule has 0 aliphatic carbocycles. The van der Waals surface area contributed by atoms with Crippen molar-refractivity contribution in [3.63, 3.8) is 0 Å². The lowest BCUT2D eigenvalue weighted by atomic mass is 9.99. The minimum atomic E-state index is 0.849. The smallest absolute Gasteiger partial charge is 0.0433 e. The molecular formula is C15H17N3. The summed E-state index contributed by atoms with van der Waals surface area (Å²) in [4.78, 5) is 6.63. The van der Waals surface area contributed by atoms with Crippen LogP contribution in [0.5, 0.6) is 0 Å². The molecule has 3 rings (SSSR count). The molecule has 0 bridgehead atoms. The first kappa shape index (κ1) is 11.1. The monoisotopic (exact) mass is 239 g/mol. The van der Waals surface area contributed by atoms with Gasteiger partial charge < -0.3 is 10.6 Å². The van der Waals surface area contributed by atoms with Gasteiger partial charge in [-0.25, -0.2) is 0 Å². The van der Waals surface area contributed by atoms with E-state index in [1.54, 1.807) is 0 Å². The van der Waals surface area contributed by atoms with E-state index >= 15 is 0 Å². The van der Waals surface area contributed by atoms with Gasteiger partial charge in [0.15, 0.2) is 0 Å². The fourth-order valence-electron chi connectivity index (χ4n) is 2.52. The summed E-state index contributed by atoms with van der Waals surface area (Å²) in [7, 11) is 0. The lowest BCUT2D eigenvalue weighted by Crippen LogP contribution is -2.30. The number of nitrogens with zero attached hydrogens (tertiary/aromatic N) is 2. The van der Waals surface area contributed by atoms with Gasteiger partial charge >= 0.3 is 0 Å². The normalized spacial score (nSPS) is 14.4. The van der Waals surface area contributed by atoms with Crippen LogP contribution in [0.15, 0.2) is 36.5 Å². The number of nitrogen functional groups attached to an aromatic ring is 1. The fourth-order valence-corrected chi connectivity index (χ4v) is 2.52. The number of hydrogen-bond donors (Lipinski definition) is 1. The van der Waals surface area contributed by atoms with E-state index in [4.69, 9.17) is 5.73 Å². The van der Waals surface area contributed by atoms with Crippen molar-refractivity contribution >= 4 is 11.4 Å². The van der Waals surface area contributed by atoms with Gasteiger partial charge in [-0.1, -0.05) is 6.07 Å². The molecule has 0 saturated heterocycles. The van der Waals surface area contributed by atoms with Crippen molar-refractivity contribution in [3.05, 3.63) is 53.3 Å². The second-order valence-electron chi connectivity index (χ2n) is 4.86. The summed E-state index contributed by atoms with van der Waals surface area (Å²) in [5.41, 5.74) is 11.8. The zero-order chi connectivity index (χ0) is 12.5. The van der Waals surface area contributed by atoms with E-state index in [0.29, 0.717) is 0 Å². The van der Waals surface area contributed by atoms with E-state index in [1.165, 1.54) is 16.8 Å². The Balaban J connectivity index is 1.90. The Labute approximate surface area is 107 Å². The van der Waals surface area contributed by atoms with Gasteiger partial charge in [0.2, 0.25) is 0 Å². The van der Waals surface area contributed by atoms with Crippen LogP contribution >= 0.6 is 0 Å². The molecular weight excluding hydrogens is 222 g/mol. The van der Waals surface area contributed by atoms with E-state index in [1.807, 2.05) is 19.2 Å². The van der Waals surface area contributed by atoms with Crippen LogP contribution in [0.3, 0.4) is 0 Å². The lowest BCUT2D eigenvalue weighted by molar-refractivity contribution is 0.731. The van der Waals surface area contributed by atoms with Gasteiger partial charge in [-0.2, -0.15) is 0 Å². The molecule has 0 fully saturated rings. The lowest BCUT2D eigenvalue weighted by Gasteiger charge is -2.31. The Bertz CT molecular complexity index is 578. The Morgan fingerprint density at radius 2 is 2.06 bits per heavy atom. The maximum absolute atomic E-state index is 5.86. The minimum Gasteiger partial charge on any atom is -0.399 e. The molecule has 0 radical (unpaired) electrons. The Morgan fingerprint density at radius 3 is 2.89 bits per heavy atom. The van der Waals surface area contributed by atoms with Crippen molar-refractivity contribution in [1.29, 1.82) is 0 Å². The molecule has 0 saturated carbocycles. The predicted octanol–water partition coefficient (Wildman–Crippen LogP) is 2.53. The maximum atomic E-state index is 5.86. The molecule has 1 aliphatic heterocycles. The van der Waals surface area contributed by atoms with Crippen LogP contribution in [0, 0.1) is 6.92 Å². The van der Waals surface area contributed by atoms with E-state index in [9.17, 15) is 0 Å². The van der Waals surface area contributed by atoms with E-state index in [-0.39, 0.29) is 0 Å². The highest BCUT2D eigenvalue weighted by atomic mass is 15.1. The molecule has 3 heteroatoms. The van der Waals surface area contributed by atoms with Gasteiger partial charge in [-0.05, 0) is 48.7 Å². The predicted molar refractivity (Wildman–Crippen MR) is 74.6 cm³/mol. The third-order valence-electron chi connectivity index (χ3n) is 3.49. The SMILES string of the molecule is Cc1cc(N2CCc3ccc(N)cc3C2)ccn1. The largest absolute Gasteiger partial charge is 0.399 e. The summed E-state index contributed by atoms with van der Waals surface area (Å²) in [5.74, 6) is 0. The Kier molecular flexibility index (Phi) is 2.67. The Morgan fingerprint density at radius 1 is 1.17 bits per heavy atom. The summed E-state index contributed by atoms with van der Waals surface area (Å²) < 4.78 is 0. The number of aryl methyl sites for hydroxylation is 1. The van der Waals surface area contributed by atoms with Gasteiger partial charge in [0, 0.05) is 36.4 Å². The van der Waals surface area contributed by atoms with Crippen molar-refractivity contribution in [1.82, 2.24) is 4.98 Å². The molecule has 92 valence electrons. The first-order valence-corrected chi connectivity index (χ1v) is 6.27. The standard InChI is InChI=1S/C15H17N3/c1-11-8-15(4-6-17-11)18-7-5-12-2-3-14(16)9-13(12)10-18/h2-4,6,8-9H,5,7,10,16H2,1H3. The van der Waals surface area contributed by atoms with Crippen LogP contribution < -0.4 is 10.6 Å². The van der Waals surface area contributed by atoms with Gasteiger partial charge in [-0.3, -0.25) is 4.98 Å². The number of pyridine rings is 1. The number of hydrogen-bond acceptors (Lipinski definition) is 3. The molecule has 2 N–H and O–H groups in total. The first-order valence-electron chi connectivity index (χ1n) is 6.27. The highest BCUT2D eigenvalue weighted by molar-refractivity contribution is 5.52. The van der Waals surface area contributed by atoms with Crippen LogP contribution in [0.25, 0.3) is 0 Å². The molecule has 1 aromatic heterocycles. The second-order valence-corrected chi connectivity index (χ2v) is 4.86. The van der Waals surface area contributed by atoms with Crippen molar-refractivity contribution in [3.8, 4) is 0 Å². The van der Waals surface area contributed by atoms with E-state index in [0.717, 1.165) is 30.9 Å². The van der Waals surface area contributed by atoms with Gasteiger partial charge in [0.05, 0.1) is 0 Å². The summed E-state index contributed by atoms with van der Waals surface area (Å²) in [6.07, 6.45) is 2.95. The van der Waals surface area contributed by atoms with Gasteiger partial charge in [-0.15, -0.1) is 0 Å². The van der Waals surface area contributed by atoms with Gasteiger partial charge in [0.25, 0.3) is 0 Å². The van der Waals surface area contributed by atoms with Crippen LogP contribution in [0.4, 0.5) is 11.4 Å².